The molecule has 1 rings (SSSR count). The van der Waals surface area contributed by atoms with Crippen LogP contribution in [0.4, 0.5) is 0 Å². The zero-order valence-corrected chi connectivity index (χ0v) is 8.37. The monoisotopic (exact) mass is 183 g/mol. The smallest absolute Gasteiger partial charge is 0.123 e. The molecule has 13 heavy (non-hydrogen) atoms. The first-order chi connectivity index (χ1) is 6.06. The van der Waals surface area contributed by atoms with Crippen molar-refractivity contribution in [2.24, 2.45) is 5.73 Å². The predicted octanol–water partition coefficient (Wildman–Crippen LogP) is 1.67. The Labute approximate surface area is 78.5 Å². The number of furan rings is 1. The number of hydrogen-bond donors (Lipinski definition) is 2. The molecule has 1 aromatic rings. The summed E-state index contributed by atoms with van der Waals surface area (Å²) in [6.45, 7) is 5.75. The van der Waals surface area contributed by atoms with Crippen LogP contribution >= 0.6 is 0 Å². The number of aliphatic hydroxyl groups excluding tert-OH is 1. The summed E-state index contributed by atoms with van der Waals surface area (Å²) in [5.74, 6) is 1.54. The van der Waals surface area contributed by atoms with E-state index < -0.39 is 12.1 Å². The average molecular weight is 183 g/mol. The van der Waals surface area contributed by atoms with E-state index in [9.17, 15) is 5.11 Å². The molecule has 0 unspecified atom stereocenters. The van der Waals surface area contributed by atoms with Crippen LogP contribution in [-0.2, 0) is 0 Å². The maximum absolute atomic E-state index is 9.50. The minimum Gasteiger partial charge on any atom is -0.464 e. The molecule has 74 valence electrons. The van der Waals surface area contributed by atoms with Gasteiger partial charge in [-0.15, -0.1) is 0 Å². The van der Waals surface area contributed by atoms with E-state index in [0.717, 1.165) is 11.3 Å². The van der Waals surface area contributed by atoms with E-state index in [4.69, 9.17) is 10.2 Å². The van der Waals surface area contributed by atoms with E-state index in [2.05, 4.69) is 0 Å². The number of nitrogens with two attached hydrogens (primary N) is 1. The lowest BCUT2D eigenvalue weighted by Crippen LogP contribution is -2.24. The van der Waals surface area contributed by atoms with E-state index in [1.54, 1.807) is 0 Å². The van der Waals surface area contributed by atoms with Crippen molar-refractivity contribution in [2.75, 3.05) is 0 Å². The second-order valence-electron chi connectivity index (χ2n) is 3.39. The first-order valence-corrected chi connectivity index (χ1v) is 4.56. The average Bonchev–Trinajstić information content (AvgIpc) is 2.44. The van der Waals surface area contributed by atoms with Crippen LogP contribution in [0.5, 0.6) is 0 Å². The molecule has 0 saturated heterocycles. The molecular formula is C10H17NO2. The molecule has 0 bridgehead atoms. The second-order valence-corrected chi connectivity index (χ2v) is 3.39. The van der Waals surface area contributed by atoms with Gasteiger partial charge in [0.25, 0.3) is 0 Å². The van der Waals surface area contributed by atoms with Crippen molar-refractivity contribution in [3.05, 3.63) is 23.2 Å². The summed E-state index contributed by atoms with van der Waals surface area (Å²) in [6.07, 6.45) is 0.116. The van der Waals surface area contributed by atoms with Gasteiger partial charge in [-0.25, -0.2) is 0 Å². The summed E-state index contributed by atoms with van der Waals surface area (Å²) in [5.41, 5.74) is 6.87. The topological polar surface area (TPSA) is 59.4 Å². The standard InChI is InChI=1S/C10H17NO2/c1-4-8(12)10(11)9-5-6(2)7(3)13-9/h5,8,10,12H,4,11H2,1-3H3/t8-,10-/m0/s1. The Kier molecular flexibility index (Phi) is 3.12. The minimum atomic E-state index is -0.523. The highest BCUT2D eigenvalue weighted by Gasteiger charge is 2.18. The Bertz CT molecular complexity index is 261. The van der Waals surface area contributed by atoms with E-state index in [1.165, 1.54) is 0 Å². The molecule has 0 aliphatic rings. The first-order valence-electron chi connectivity index (χ1n) is 4.56. The van der Waals surface area contributed by atoms with E-state index in [-0.39, 0.29) is 0 Å². The fourth-order valence-electron chi connectivity index (χ4n) is 1.21. The molecule has 0 spiro atoms. The molecule has 3 heteroatoms. The highest BCUT2D eigenvalue weighted by atomic mass is 16.3. The van der Waals surface area contributed by atoms with Crippen LogP contribution in [0, 0.1) is 13.8 Å². The second kappa shape index (κ2) is 3.94. The zero-order chi connectivity index (χ0) is 10.0. The molecule has 3 nitrogen and oxygen atoms in total. The van der Waals surface area contributed by atoms with Gasteiger partial charge in [-0.2, -0.15) is 0 Å². The van der Waals surface area contributed by atoms with Gasteiger partial charge in [-0.3, -0.25) is 0 Å². The highest BCUT2D eigenvalue weighted by Crippen LogP contribution is 2.21. The number of aliphatic hydroxyl groups is 1. The van der Waals surface area contributed by atoms with E-state index in [0.29, 0.717) is 12.2 Å². The van der Waals surface area contributed by atoms with Crippen LogP contribution in [0.2, 0.25) is 0 Å². The first kappa shape index (κ1) is 10.3. The maximum Gasteiger partial charge on any atom is 0.123 e. The fourth-order valence-corrected chi connectivity index (χ4v) is 1.21. The summed E-state index contributed by atoms with van der Waals surface area (Å²) >= 11 is 0. The van der Waals surface area contributed by atoms with Gasteiger partial charge in [0, 0.05) is 0 Å². The molecule has 2 atom stereocenters. The van der Waals surface area contributed by atoms with Gasteiger partial charge < -0.3 is 15.3 Å². The summed E-state index contributed by atoms with van der Waals surface area (Å²) in [6, 6.07) is 1.48. The Balaban J connectivity index is 2.82. The van der Waals surface area contributed by atoms with Gasteiger partial charge >= 0.3 is 0 Å². The van der Waals surface area contributed by atoms with E-state index >= 15 is 0 Å². The Morgan fingerprint density at radius 3 is 2.54 bits per heavy atom. The molecule has 3 N–H and O–H groups in total. The molecule has 1 aromatic heterocycles. The Morgan fingerprint density at radius 1 is 1.54 bits per heavy atom. The van der Waals surface area contributed by atoms with Gasteiger partial charge in [0.05, 0.1) is 12.1 Å². The van der Waals surface area contributed by atoms with Crippen molar-refractivity contribution in [1.29, 1.82) is 0 Å². The third-order valence-corrected chi connectivity index (χ3v) is 2.35. The van der Waals surface area contributed by atoms with Crippen LogP contribution in [0.3, 0.4) is 0 Å². The summed E-state index contributed by atoms with van der Waals surface area (Å²) < 4.78 is 5.41. The molecule has 0 amide bonds. The number of rotatable bonds is 3. The van der Waals surface area contributed by atoms with Crippen LogP contribution in [-0.4, -0.2) is 11.2 Å². The molecule has 0 radical (unpaired) electrons. The van der Waals surface area contributed by atoms with Gasteiger partial charge in [-0.05, 0) is 31.9 Å². The molecular weight excluding hydrogens is 166 g/mol. The number of aryl methyl sites for hydroxylation is 2. The van der Waals surface area contributed by atoms with Crippen molar-refractivity contribution in [3.8, 4) is 0 Å². The molecule has 0 aliphatic heterocycles. The molecule has 0 saturated carbocycles. The largest absolute Gasteiger partial charge is 0.464 e. The summed E-state index contributed by atoms with van der Waals surface area (Å²) in [7, 11) is 0. The molecule has 0 aromatic carbocycles. The quantitative estimate of drug-likeness (QED) is 0.749. The molecule has 0 fully saturated rings. The lowest BCUT2D eigenvalue weighted by Gasteiger charge is -2.14. The van der Waals surface area contributed by atoms with Crippen molar-refractivity contribution in [1.82, 2.24) is 0 Å². The fraction of sp³-hybridized carbons (Fsp3) is 0.600. The van der Waals surface area contributed by atoms with Gasteiger partial charge in [0.15, 0.2) is 0 Å². The van der Waals surface area contributed by atoms with E-state index in [1.807, 2.05) is 26.8 Å². The molecule has 1 heterocycles. The lowest BCUT2D eigenvalue weighted by molar-refractivity contribution is 0.130. The predicted molar refractivity (Wildman–Crippen MR) is 51.4 cm³/mol. The normalized spacial score (nSPS) is 15.8. The third-order valence-electron chi connectivity index (χ3n) is 2.35. The SMILES string of the molecule is CC[C@H](O)[C@H](N)c1cc(C)c(C)o1. The van der Waals surface area contributed by atoms with Gasteiger partial charge in [0.2, 0.25) is 0 Å². The van der Waals surface area contributed by atoms with Crippen molar-refractivity contribution in [2.45, 2.75) is 39.3 Å². The zero-order valence-electron chi connectivity index (χ0n) is 8.37. The van der Waals surface area contributed by atoms with Crippen molar-refractivity contribution < 1.29 is 9.52 Å². The van der Waals surface area contributed by atoms with Crippen LogP contribution in [0.15, 0.2) is 10.5 Å². The van der Waals surface area contributed by atoms with Crippen molar-refractivity contribution >= 4 is 0 Å². The lowest BCUT2D eigenvalue weighted by atomic mass is 10.1. The summed E-state index contributed by atoms with van der Waals surface area (Å²) in [5, 5.41) is 9.50. The molecule has 0 aliphatic carbocycles. The van der Waals surface area contributed by atoms with Gasteiger partial charge in [-0.1, -0.05) is 6.92 Å². The maximum atomic E-state index is 9.50. The summed E-state index contributed by atoms with van der Waals surface area (Å²) in [4.78, 5) is 0. The Hall–Kier alpha value is -0.800. The van der Waals surface area contributed by atoms with Crippen LogP contribution < -0.4 is 5.73 Å². The van der Waals surface area contributed by atoms with Gasteiger partial charge in [0.1, 0.15) is 11.5 Å². The van der Waals surface area contributed by atoms with Crippen molar-refractivity contribution in [3.63, 3.8) is 0 Å². The minimum absolute atomic E-state index is 0.405. The highest BCUT2D eigenvalue weighted by molar-refractivity contribution is 5.21. The third kappa shape index (κ3) is 2.11. The number of hydrogen-bond acceptors (Lipinski definition) is 3. The van der Waals surface area contributed by atoms with Crippen LogP contribution in [0.25, 0.3) is 0 Å². The van der Waals surface area contributed by atoms with Crippen LogP contribution in [0.1, 0.15) is 36.5 Å². The Morgan fingerprint density at radius 2 is 2.15 bits per heavy atom.